The van der Waals surface area contributed by atoms with E-state index in [0.29, 0.717) is 30.3 Å². The highest BCUT2D eigenvalue weighted by Gasteiger charge is 2.72. The minimum atomic E-state index is -1.37. The van der Waals surface area contributed by atoms with Gasteiger partial charge in [0.25, 0.3) is 5.91 Å². The van der Waals surface area contributed by atoms with Crippen molar-refractivity contribution in [2.75, 3.05) is 36.1 Å². The molecular weight excluding hydrogens is 558 g/mol. The van der Waals surface area contributed by atoms with Gasteiger partial charge in [-0.2, -0.15) is 0 Å². The molecule has 6 atom stereocenters. The Bertz CT molecular complexity index is 1690. The maximum absolute atomic E-state index is 14.6. The molecule has 44 heavy (non-hydrogen) atoms. The summed E-state index contributed by atoms with van der Waals surface area (Å²) in [6, 6.07) is 19.4. The molecule has 0 aromatic heterocycles. The van der Waals surface area contributed by atoms with Crippen LogP contribution in [-0.2, 0) is 19.1 Å². The third kappa shape index (κ3) is 4.25. The van der Waals surface area contributed by atoms with Crippen molar-refractivity contribution >= 4 is 39.9 Å². The van der Waals surface area contributed by atoms with Crippen LogP contribution in [0.3, 0.4) is 0 Å². The van der Waals surface area contributed by atoms with Crippen molar-refractivity contribution < 1.29 is 29.0 Å². The first-order valence-corrected chi connectivity index (χ1v) is 15.2. The van der Waals surface area contributed by atoms with Gasteiger partial charge in [-0.25, -0.2) is 0 Å². The summed E-state index contributed by atoms with van der Waals surface area (Å²) >= 11 is 0. The molecule has 3 aromatic rings. The van der Waals surface area contributed by atoms with Gasteiger partial charge in [-0.15, -0.1) is 0 Å². The Labute approximate surface area is 255 Å². The van der Waals surface area contributed by atoms with E-state index >= 15 is 0 Å². The molecule has 3 aromatic carbocycles. The smallest absolute Gasteiger partial charge is 0.253 e. The van der Waals surface area contributed by atoms with Crippen LogP contribution in [0, 0.1) is 11.8 Å². The van der Waals surface area contributed by atoms with Crippen LogP contribution in [0.4, 0.5) is 11.4 Å². The van der Waals surface area contributed by atoms with E-state index in [2.05, 4.69) is 0 Å². The van der Waals surface area contributed by atoms with Crippen LogP contribution in [0.5, 0.6) is 5.75 Å². The van der Waals surface area contributed by atoms with Crippen LogP contribution in [0.1, 0.15) is 13.8 Å². The molecule has 1 spiro atoms. The van der Waals surface area contributed by atoms with Crippen molar-refractivity contribution in [2.45, 2.75) is 37.6 Å². The number of aliphatic hydroxyl groups is 1. The van der Waals surface area contributed by atoms with Crippen LogP contribution >= 0.6 is 0 Å². The fourth-order valence-electron chi connectivity index (χ4n) is 7.34. The first-order valence-electron chi connectivity index (χ1n) is 15.2. The van der Waals surface area contributed by atoms with E-state index in [-0.39, 0.29) is 30.9 Å². The summed E-state index contributed by atoms with van der Waals surface area (Å²) in [5, 5.41) is 12.3. The highest BCUT2D eigenvalue weighted by atomic mass is 16.5. The van der Waals surface area contributed by atoms with Gasteiger partial charge in [-0.05, 0) is 61.0 Å². The Morgan fingerprint density at radius 3 is 2.36 bits per heavy atom. The monoisotopic (exact) mass is 593 g/mol. The second-order valence-corrected chi connectivity index (χ2v) is 11.8. The third-order valence-electron chi connectivity index (χ3n) is 9.34. The normalized spacial score (nSPS) is 28.5. The van der Waals surface area contributed by atoms with Crippen LogP contribution in [-0.4, -0.2) is 77.8 Å². The summed E-state index contributed by atoms with van der Waals surface area (Å²) in [5.74, 6) is -2.00. The van der Waals surface area contributed by atoms with Crippen LogP contribution in [0.25, 0.3) is 10.8 Å². The Morgan fingerprint density at radius 1 is 0.909 bits per heavy atom. The molecule has 9 heteroatoms. The Morgan fingerprint density at radius 2 is 1.61 bits per heavy atom. The average molecular weight is 594 g/mol. The number of hydrogen-bond acceptors (Lipinski definition) is 6. The van der Waals surface area contributed by atoms with Crippen LogP contribution in [0.2, 0.25) is 0 Å². The molecule has 0 aliphatic carbocycles. The Balaban J connectivity index is 1.29. The van der Waals surface area contributed by atoms with E-state index in [1.54, 1.807) is 16.7 Å². The van der Waals surface area contributed by atoms with Gasteiger partial charge < -0.3 is 29.3 Å². The third-order valence-corrected chi connectivity index (χ3v) is 9.34. The van der Waals surface area contributed by atoms with Gasteiger partial charge in [0.2, 0.25) is 11.8 Å². The van der Waals surface area contributed by atoms with Gasteiger partial charge in [0.05, 0.1) is 37.2 Å². The zero-order chi connectivity index (χ0) is 30.6. The summed E-state index contributed by atoms with van der Waals surface area (Å²) < 4.78 is 12.3. The van der Waals surface area contributed by atoms with E-state index in [1.807, 2.05) is 98.0 Å². The number of amides is 3. The van der Waals surface area contributed by atoms with E-state index in [4.69, 9.17) is 9.47 Å². The number of rotatable bonds is 6. The predicted molar refractivity (Wildman–Crippen MR) is 166 cm³/mol. The predicted octanol–water partition coefficient (Wildman–Crippen LogP) is 3.71. The molecule has 1 unspecified atom stereocenters. The van der Waals surface area contributed by atoms with Crippen molar-refractivity contribution in [2.24, 2.45) is 11.8 Å². The van der Waals surface area contributed by atoms with Crippen LogP contribution < -0.4 is 14.5 Å². The summed E-state index contributed by atoms with van der Waals surface area (Å²) in [6.45, 7) is 4.42. The SMILES string of the molecule is CCOc1ccc(N2CC=C[C@H]3O[C@]45C=CCN(c6ccc7ccccc7c6)C(=O)C4N([C@H](C)CO)C(=O)[C@@H]5[C@H]3C2=O)cc1. The van der Waals surface area contributed by atoms with Crippen LogP contribution in [0.15, 0.2) is 91.0 Å². The van der Waals surface area contributed by atoms with Crippen molar-refractivity contribution in [1.29, 1.82) is 0 Å². The van der Waals surface area contributed by atoms with Crippen molar-refractivity contribution in [3.05, 3.63) is 91.0 Å². The number of fused-ring (bicyclic) bond motifs is 3. The first-order chi connectivity index (χ1) is 21.4. The number of nitrogens with zero attached hydrogens (tertiary/aromatic N) is 3. The number of carbonyl (C=O) groups is 3. The lowest BCUT2D eigenvalue weighted by molar-refractivity contribution is -0.143. The quantitative estimate of drug-likeness (QED) is 0.438. The van der Waals surface area contributed by atoms with Crippen molar-refractivity contribution in [3.63, 3.8) is 0 Å². The molecule has 4 aliphatic rings. The topological polar surface area (TPSA) is 99.6 Å². The number of carbonyl (C=O) groups excluding carboxylic acids is 3. The molecule has 4 aliphatic heterocycles. The number of hydrogen-bond donors (Lipinski definition) is 1. The lowest BCUT2D eigenvalue weighted by Gasteiger charge is -2.37. The maximum atomic E-state index is 14.6. The standard InChI is InChI=1S/C35H35N3O6/c1-3-43-27-15-13-25(14-16-27)36-18-6-10-28-29(32(36)40)30-33(41)38(22(2)21-39)31-34(42)37(19-7-17-35(30,31)44-28)26-12-11-23-8-4-5-9-24(23)20-26/h4-17,20,22,28-31,39H,3,18-19,21H2,1-2H3/t22-,28-,29+,30+,31?,35+/m1/s1. The lowest BCUT2D eigenvalue weighted by atomic mass is 9.77. The molecule has 3 amide bonds. The molecule has 226 valence electrons. The number of anilines is 2. The number of ether oxygens (including phenoxy) is 2. The maximum Gasteiger partial charge on any atom is 0.253 e. The van der Waals surface area contributed by atoms with Gasteiger partial charge in [0, 0.05) is 24.5 Å². The van der Waals surface area contributed by atoms with Gasteiger partial charge in [0.15, 0.2) is 0 Å². The highest BCUT2D eigenvalue weighted by Crippen LogP contribution is 2.54. The summed E-state index contributed by atoms with van der Waals surface area (Å²) in [4.78, 5) is 48.2. The van der Waals surface area contributed by atoms with Crippen molar-refractivity contribution in [3.8, 4) is 5.75 Å². The molecule has 0 saturated carbocycles. The summed E-state index contributed by atoms with van der Waals surface area (Å²) in [5.41, 5.74) is 0.00962. The summed E-state index contributed by atoms with van der Waals surface area (Å²) in [6.07, 6.45) is 6.72. The molecule has 7 rings (SSSR count). The Hall–Kier alpha value is -4.47. The second kappa shape index (κ2) is 10.9. The Kier molecular flexibility index (Phi) is 7.02. The zero-order valence-corrected chi connectivity index (χ0v) is 24.7. The fourth-order valence-corrected chi connectivity index (χ4v) is 7.34. The zero-order valence-electron chi connectivity index (χ0n) is 24.7. The molecule has 2 fully saturated rings. The molecule has 4 heterocycles. The van der Waals surface area contributed by atoms with Gasteiger partial charge in [0.1, 0.15) is 17.4 Å². The van der Waals surface area contributed by atoms with Crippen molar-refractivity contribution in [1.82, 2.24) is 4.90 Å². The molecule has 1 N–H and O–H groups in total. The minimum Gasteiger partial charge on any atom is -0.494 e. The molecule has 9 nitrogen and oxygen atoms in total. The largest absolute Gasteiger partial charge is 0.494 e. The van der Waals surface area contributed by atoms with E-state index < -0.39 is 35.6 Å². The molecule has 2 saturated heterocycles. The summed E-state index contributed by atoms with van der Waals surface area (Å²) in [7, 11) is 0. The highest BCUT2D eigenvalue weighted by molar-refractivity contribution is 6.08. The van der Waals surface area contributed by atoms with E-state index in [0.717, 1.165) is 10.8 Å². The van der Waals surface area contributed by atoms with Gasteiger partial charge in [-0.1, -0.05) is 54.6 Å². The number of aliphatic hydroxyl groups excluding tert-OH is 1. The molecule has 0 radical (unpaired) electrons. The van der Waals surface area contributed by atoms with E-state index in [1.165, 1.54) is 4.90 Å². The van der Waals surface area contributed by atoms with Gasteiger partial charge >= 0.3 is 0 Å². The lowest BCUT2D eigenvalue weighted by Crippen LogP contribution is -2.57. The number of likely N-dealkylation sites (tertiary alicyclic amines) is 1. The van der Waals surface area contributed by atoms with E-state index in [9.17, 15) is 19.5 Å². The first kappa shape index (κ1) is 28.3. The minimum absolute atomic E-state index is 0.242. The second-order valence-electron chi connectivity index (χ2n) is 11.8. The fraction of sp³-hybridized carbons (Fsp3) is 0.343. The average Bonchev–Trinajstić information content (AvgIpc) is 3.36. The number of benzene rings is 3. The van der Waals surface area contributed by atoms with Gasteiger partial charge in [-0.3, -0.25) is 14.4 Å². The molecule has 0 bridgehead atoms. The molecular formula is C35H35N3O6.